The number of benzene rings is 2. The van der Waals surface area contributed by atoms with Gasteiger partial charge in [0.25, 0.3) is 5.91 Å². The van der Waals surface area contributed by atoms with Crippen LogP contribution in [0.25, 0.3) is 5.69 Å². The molecule has 0 aliphatic heterocycles. The zero-order chi connectivity index (χ0) is 16.8. The maximum absolute atomic E-state index is 12.0. The number of carbonyl (C=O) groups is 1. The Hall–Kier alpha value is -3.15. The number of ether oxygens (including phenoxy) is 1. The van der Waals surface area contributed by atoms with Gasteiger partial charge in [0.2, 0.25) is 0 Å². The fraction of sp³-hybridized carbons (Fsp3) is 0.167. The Kier molecular flexibility index (Phi) is 4.86. The third-order valence-electron chi connectivity index (χ3n) is 3.51. The Morgan fingerprint density at radius 3 is 2.75 bits per heavy atom. The van der Waals surface area contributed by atoms with Crippen molar-refractivity contribution >= 4 is 11.6 Å². The van der Waals surface area contributed by atoms with Crippen LogP contribution in [0.2, 0.25) is 0 Å². The average Bonchev–Trinajstić information content (AvgIpc) is 3.15. The molecular formula is C18H18N4O2. The van der Waals surface area contributed by atoms with Gasteiger partial charge in [0, 0.05) is 5.69 Å². The van der Waals surface area contributed by atoms with Gasteiger partial charge in [-0.05, 0) is 48.4 Å². The van der Waals surface area contributed by atoms with E-state index >= 15 is 0 Å². The minimum absolute atomic E-state index is 0.0426. The lowest BCUT2D eigenvalue weighted by Crippen LogP contribution is -2.20. The number of aromatic nitrogens is 3. The van der Waals surface area contributed by atoms with E-state index in [-0.39, 0.29) is 12.5 Å². The summed E-state index contributed by atoms with van der Waals surface area (Å²) in [6, 6.07) is 15.1. The first kappa shape index (κ1) is 15.7. The van der Waals surface area contributed by atoms with Crippen LogP contribution in [0.3, 0.4) is 0 Å². The second-order valence-corrected chi connectivity index (χ2v) is 5.22. The van der Waals surface area contributed by atoms with Gasteiger partial charge in [0.15, 0.2) is 6.61 Å². The van der Waals surface area contributed by atoms with Crippen molar-refractivity contribution in [2.75, 3.05) is 11.9 Å². The monoisotopic (exact) mass is 322 g/mol. The standard InChI is InChI=1S/C18H18N4O2/c1-2-14-4-3-5-15(10-14)21-18(23)11-24-17-8-6-16(7-9-17)22-13-19-12-20-22/h3-10,12-13H,2,11H2,1H3,(H,21,23). The number of hydrogen-bond acceptors (Lipinski definition) is 4. The van der Waals surface area contributed by atoms with Crippen molar-refractivity contribution in [2.45, 2.75) is 13.3 Å². The van der Waals surface area contributed by atoms with Gasteiger partial charge >= 0.3 is 0 Å². The van der Waals surface area contributed by atoms with Gasteiger partial charge in [-0.2, -0.15) is 5.10 Å². The molecule has 0 saturated carbocycles. The van der Waals surface area contributed by atoms with Crippen LogP contribution in [0.15, 0.2) is 61.2 Å². The van der Waals surface area contributed by atoms with Gasteiger partial charge in [0.1, 0.15) is 18.4 Å². The predicted octanol–water partition coefficient (Wildman–Crippen LogP) is 2.85. The Balaban J connectivity index is 1.54. The van der Waals surface area contributed by atoms with Gasteiger partial charge in [-0.25, -0.2) is 9.67 Å². The van der Waals surface area contributed by atoms with Crippen LogP contribution < -0.4 is 10.1 Å². The third kappa shape index (κ3) is 3.98. The number of hydrogen-bond donors (Lipinski definition) is 1. The van der Waals surface area contributed by atoms with E-state index in [0.29, 0.717) is 5.75 Å². The molecule has 0 saturated heterocycles. The number of anilines is 1. The van der Waals surface area contributed by atoms with E-state index in [0.717, 1.165) is 17.8 Å². The zero-order valence-corrected chi connectivity index (χ0v) is 13.3. The molecule has 6 nitrogen and oxygen atoms in total. The molecule has 0 fully saturated rings. The summed E-state index contributed by atoms with van der Waals surface area (Å²) >= 11 is 0. The molecule has 24 heavy (non-hydrogen) atoms. The normalized spacial score (nSPS) is 10.4. The third-order valence-corrected chi connectivity index (χ3v) is 3.51. The van der Waals surface area contributed by atoms with Crippen LogP contribution in [0, 0.1) is 0 Å². The van der Waals surface area contributed by atoms with E-state index in [4.69, 9.17) is 4.74 Å². The van der Waals surface area contributed by atoms with E-state index < -0.39 is 0 Å². The van der Waals surface area contributed by atoms with E-state index in [9.17, 15) is 4.79 Å². The lowest BCUT2D eigenvalue weighted by Gasteiger charge is -2.09. The first-order chi connectivity index (χ1) is 11.7. The zero-order valence-electron chi connectivity index (χ0n) is 13.3. The van der Waals surface area contributed by atoms with Gasteiger partial charge in [-0.3, -0.25) is 4.79 Å². The van der Waals surface area contributed by atoms with Crippen LogP contribution >= 0.6 is 0 Å². The lowest BCUT2D eigenvalue weighted by atomic mass is 10.1. The maximum Gasteiger partial charge on any atom is 0.262 e. The van der Waals surface area contributed by atoms with Crippen LogP contribution in [0.4, 0.5) is 5.69 Å². The van der Waals surface area contributed by atoms with Gasteiger partial charge < -0.3 is 10.1 Å². The second-order valence-electron chi connectivity index (χ2n) is 5.22. The highest BCUT2D eigenvalue weighted by atomic mass is 16.5. The minimum Gasteiger partial charge on any atom is -0.484 e. The lowest BCUT2D eigenvalue weighted by molar-refractivity contribution is -0.118. The summed E-state index contributed by atoms with van der Waals surface area (Å²) in [5, 5.41) is 6.89. The van der Waals surface area contributed by atoms with E-state index in [1.54, 1.807) is 23.1 Å². The molecule has 1 aromatic heterocycles. The predicted molar refractivity (Wildman–Crippen MR) is 91.3 cm³/mol. The number of nitrogens with one attached hydrogen (secondary N) is 1. The summed E-state index contributed by atoms with van der Waals surface area (Å²) in [4.78, 5) is 15.9. The summed E-state index contributed by atoms with van der Waals surface area (Å²) in [5.74, 6) is 0.430. The van der Waals surface area contributed by atoms with Crippen LogP contribution in [-0.2, 0) is 11.2 Å². The summed E-state index contributed by atoms with van der Waals surface area (Å²) in [7, 11) is 0. The van der Waals surface area contributed by atoms with Crippen LogP contribution in [0.1, 0.15) is 12.5 Å². The average molecular weight is 322 g/mol. The smallest absolute Gasteiger partial charge is 0.262 e. The molecule has 0 radical (unpaired) electrons. The van der Waals surface area contributed by atoms with Crippen molar-refractivity contribution in [1.29, 1.82) is 0 Å². The largest absolute Gasteiger partial charge is 0.484 e. The molecule has 0 unspecified atom stereocenters. The molecule has 1 amide bonds. The minimum atomic E-state index is -0.191. The highest BCUT2D eigenvalue weighted by molar-refractivity contribution is 5.91. The van der Waals surface area contributed by atoms with Crippen molar-refractivity contribution in [3.05, 3.63) is 66.7 Å². The van der Waals surface area contributed by atoms with E-state index in [2.05, 4.69) is 22.3 Å². The molecule has 3 rings (SSSR count). The molecule has 0 aliphatic rings. The topological polar surface area (TPSA) is 69.0 Å². The Bertz CT molecular complexity index is 798. The SMILES string of the molecule is CCc1cccc(NC(=O)COc2ccc(-n3cncn3)cc2)c1. The molecule has 0 atom stereocenters. The number of amides is 1. The molecule has 2 aromatic carbocycles. The molecular weight excluding hydrogens is 304 g/mol. The molecule has 6 heteroatoms. The summed E-state index contributed by atoms with van der Waals surface area (Å²) < 4.78 is 7.16. The van der Waals surface area contributed by atoms with Crippen molar-refractivity contribution in [3.8, 4) is 11.4 Å². The van der Waals surface area contributed by atoms with Crippen molar-refractivity contribution in [1.82, 2.24) is 14.8 Å². The number of nitrogens with zero attached hydrogens (tertiary/aromatic N) is 3. The Morgan fingerprint density at radius 2 is 2.04 bits per heavy atom. The molecule has 1 heterocycles. The van der Waals surface area contributed by atoms with Gasteiger partial charge in [0.05, 0.1) is 5.69 Å². The molecule has 1 N–H and O–H groups in total. The molecule has 0 bridgehead atoms. The Labute approximate surface area is 140 Å². The fourth-order valence-corrected chi connectivity index (χ4v) is 2.25. The fourth-order valence-electron chi connectivity index (χ4n) is 2.25. The quantitative estimate of drug-likeness (QED) is 0.757. The summed E-state index contributed by atoms with van der Waals surface area (Å²) in [5.41, 5.74) is 2.84. The first-order valence-electron chi connectivity index (χ1n) is 7.71. The van der Waals surface area contributed by atoms with Crippen molar-refractivity contribution < 1.29 is 9.53 Å². The molecule has 122 valence electrons. The number of carbonyl (C=O) groups excluding carboxylic acids is 1. The van der Waals surface area contributed by atoms with Gasteiger partial charge in [-0.1, -0.05) is 19.1 Å². The highest BCUT2D eigenvalue weighted by Crippen LogP contribution is 2.15. The molecule has 3 aromatic rings. The van der Waals surface area contributed by atoms with Crippen molar-refractivity contribution in [2.24, 2.45) is 0 Å². The molecule has 0 spiro atoms. The summed E-state index contributed by atoms with van der Waals surface area (Å²) in [6.07, 6.45) is 4.02. The Morgan fingerprint density at radius 1 is 1.21 bits per heavy atom. The van der Waals surface area contributed by atoms with E-state index in [1.165, 1.54) is 11.9 Å². The second kappa shape index (κ2) is 7.41. The number of rotatable bonds is 6. The van der Waals surface area contributed by atoms with Crippen LogP contribution in [-0.4, -0.2) is 27.3 Å². The first-order valence-corrected chi connectivity index (χ1v) is 7.71. The van der Waals surface area contributed by atoms with Crippen LogP contribution in [0.5, 0.6) is 5.75 Å². The van der Waals surface area contributed by atoms with Crippen molar-refractivity contribution in [3.63, 3.8) is 0 Å². The summed E-state index contributed by atoms with van der Waals surface area (Å²) in [6.45, 7) is 2.03. The maximum atomic E-state index is 12.0. The van der Waals surface area contributed by atoms with Gasteiger partial charge in [-0.15, -0.1) is 0 Å². The highest BCUT2D eigenvalue weighted by Gasteiger charge is 2.05. The number of aryl methyl sites for hydroxylation is 1. The van der Waals surface area contributed by atoms with E-state index in [1.807, 2.05) is 36.4 Å². The molecule has 0 aliphatic carbocycles.